The first-order valence-corrected chi connectivity index (χ1v) is 9.79. The van der Waals surface area contributed by atoms with Crippen molar-refractivity contribution in [3.05, 3.63) is 63.6 Å². The minimum Gasteiger partial charge on any atom is -0.352 e. The Morgan fingerprint density at radius 2 is 1.76 bits per heavy atom. The Morgan fingerprint density at radius 3 is 2.36 bits per heavy atom. The van der Waals surface area contributed by atoms with Crippen LogP contribution in [0.3, 0.4) is 0 Å². The van der Waals surface area contributed by atoms with E-state index in [1.54, 1.807) is 30.3 Å². The Bertz CT molecular complexity index is 853. The standard InChI is InChI=1S/C17H18Cl2N2O3S/c1-20-25(23,24)15-7-2-12(3-8-15)4-9-17(22)21-11-13-5-6-14(18)10-16(13)19/h2-3,5-8,10,20H,4,9,11H2,1H3,(H,21,22). The van der Waals surface area contributed by atoms with Crippen molar-refractivity contribution in [1.82, 2.24) is 10.0 Å². The second-order valence-corrected chi connectivity index (χ2v) is 8.09. The molecule has 0 aliphatic heterocycles. The maximum atomic E-state index is 12.0. The molecule has 0 aromatic heterocycles. The van der Waals surface area contributed by atoms with Gasteiger partial charge < -0.3 is 5.32 Å². The van der Waals surface area contributed by atoms with E-state index in [9.17, 15) is 13.2 Å². The number of sulfonamides is 1. The third kappa shape index (κ3) is 5.71. The SMILES string of the molecule is CNS(=O)(=O)c1ccc(CCC(=O)NCc2ccc(Cl)cc2Cl)cc1. The van der Waals surface area contributed by atoms with Crippen LogP contribution in [0.15, 0.2) is 47.4 Å². The van der Waals surface area contributed by atoms with Crippen LogP contribution in [0.25, 0.3) is 0 Å². The van der Waals surface area contributed by atoms with Gasteiger partial charge in [-0.1, -0.05) is 41.4 Å². The van der Waals surface area contributed by atoms with E-state index in [0.717, 1.165) is 11.1 Å². The molecule has 0 fully saturated rings. The van der Waals surface area contributed by atoms with Crippen LogP contribution in [-0.2, 0) is 27.8 Å². The van der Waals surface area contributed by atoms with Gasteiger partial charge in [0, 0.05) is 23.0 Å². The number of rotatable bonds is 7. The summed E-state index contributed by atoms with van der Waals surface area (Å²) in [5.41, 5.74) is 1.68. The van der Waals surface area contributed by atoms with Crippen molar-refractivity contribution in [1.29, 1.82) is 0 Å². The fourth-order valence-corrected chi connectivity index (χ4v) is 3.36. The topological polar surface area (TPSA) is 75.3 Å². The molecule has 1 amide bonds. The van der Waals surface area contributed by atoms with Gasteiger partial charge in [0.15, 0.2) is 0 Å². The van der Waals surface area contributed by atoms with E-state index in [2.05, 4.69) is 10.0 Å². The van der Waals surface area contributed by atoms with Gasteiger partial charge >= 0.3 is 0 Å². The summed E-state index contributed by atoms with van der Waals surface area (Å²) in [7, 11) is -2.08. The first-order valence-electron chi connectivity index (χ1n) is 7.55. The Labute approximate surface area is 157 Å². The molecule has 0 aliphatic rings. The van der Waals surface area contributed by atoms with E-state index in [1.807, 2.05) is 0 Å². The van der Waals surface area contributed by atoms with E-state index in [4.69, 9.17) is 23.2 Å². The number of carbonyl (C=O) groups is 1. The highest BCUT2D eigenvalue weighted by Crippen LogP contribution is 2.20. The van der Waals surface area contributed by atoms with E-state index >= 15 is 0 Å². The van der Waals surface area contributed by atoms with Crippen LogP contribution in [0.5, 0.6) is 0 Å². The van der Waals surface area contributed by atoms with E-state index < -0.39 is 10.0 Å². The normalized spacial score (nSPS) is 11.3. The highest BCUT2D eigenvalue weighted by Gasteiger charge is 2.11. The van der Waals surface area contributed by atoms with Crippen LogP contribution in [0.4, 0.5) is 0 Å². The number of nitrogens with one attached hydrogen (secondary N) is 2. The quantitative estimate of drug-likeness (QED) is 0.749. The van der Waals surface area contributed by atoms with Gasteiger partial charge in [-0.2, -0.15) is 0 Å². The highest BCUT2D eigenvalue weighted by molar-refractivity contribution is 7.89. The largest absolute Gasteiger partial charge is 0.352 e. The van der Waals surface area contributed by atoms with Crippen LogP contribution in [0, 0.1) is 0 Å². The lowest BCUT2D eigenvalue weighted by molar-refractivity contribution is -0.121. The number of amides is 1. The Balaban J connectivity index is 1.85. The second kappa shape index (κ2) is 8.67. The first kappa shape index (κ1) is 19.7. The van der Waals surface area contributed by atoms with Crippen molar-refractivity contribution in [2.45, 2.75) is 24.3 Å². The molecule has 0 heterocycles. The predicted molar refractivity (Wildman–Crippen MR) is 99.3 cm³/mol. The van der Waals surface area contributed by atoms with Crippen molar-refractivity contribution >= 4 is 39.1 Å². The summed E-state index contributed by atoms with van der Waals surface area (Å²) in [6, 6.07) is 11.6. The van der Waals surface area contributed by atoms with Gasteiger partial charge in [-0.25, -0.2) is 13.1 Å². The lowest BCUT2D eigenvalue weighted by Crippen LogP contribution is -2.23. The monoisotopic (exact) mass is 400 g/mol. The molecule has 0 unspecified atom stereocenters. The summed E-state index contributed by atoms with van der Waals surface area (Å²) in [6.07, 6.45) is 0.809. The zero-order chi connectivity index (χ0) is 18.4. The Kier molecular flexibility index (Phi) is 6.84. The van der Waals surface area contributed by atoms with Crippen molar-refractivity contribution in [3.63, 3.8) is 0 Å². The van der Waals surface area contributed by atoms with Crippen molar-refractivity contribution in [3.8, 4) is 0 Å². The number of hydrogen-bond acceptors (Lipinski definition) is 3. The summed E-state index contributed by atoms with van der Waals surface area (Å²) in [5.74, 6) is -0.113. The van der Waals surface area contributed by atoms with Gasteiger partial charge in [-0.15, -0.1) is 0 Å². The molecule has 2 aromatic carbocycles. The number of hydrogen-bond donors (Lipinski definition) is 2. The van der Waals surface area contributed by atoms with E-state index in [1.165, 1.54) is 19.2 Å². The second-order valence-electron chi connectivity index (χ2n) is 5.36. The van der Waals surface area contributed by atoms with E-state index in [0.29, 0.717) is 29.4 Å². The maximum Gasteiger partial charge on any atom is 0.240 e. The molecular formula is C17H18Cl2N2O3S. The molecule has 0 bridgehead atoms. The van der Waals surface area contributed by atoms with Crippen LogP contribution in [0.2, 0.25) is 10.0 Å². The molecule has 2 aromatic rings. The molecule has 134 valence electrons. The minimum absolute atomic E-state index is 0.113. The molecular weight excluding hydrogens is 383 g/mol. The van der Waals surface area contributed by atoms with Gasteiger partial charge in [0.25, 0.3) is 0 Å². The average molecular weight is 401 g/mol. The van der Waals surface area contributed by atoms with Crippen LogP contribution in [-0.4, -0.2) is 21.4 Å². The van der Waals surface area contributed by atoms with Gasteiger partial charge in [0.1, 0.15) is 0 Å². The molecule has 5 nitrogen and oxygen atoms in total. The number of carbonyl (C=O) groups excluding carboxylic acids is 1. The molecule has 0 saturated heterocycles. The first-order chi connectivity index (χ1) is 11.8. The molecule has 2 N–H and O–H groups in total. The van der Waals surface area contributed by atoms with Crippen molar-refractivity contribution < 1.29 is 13.2 Å². The zero-order valence-electron chi connectivity index (χ0n) is 13.6. The third-order valence-electron chi connectivity index (χ3n) is 3.63. The summed E-state index contributed by atoms with van der Waals surface area (Å²) >= 11 is 11.9. The van der Waals surface area contributed by atoms with E-state index in [-0.39, 0.29) is 10.8 Å². The van der Waals surface area contributed by atoms with Gasteiger partial charge in [0.05, 0.1) is 4.90 Å². The van der Waals surface area contributed by atoms with Crippen LogP contribution >= 0.6 is 23.2 Å². The summed E-state index contributed by atoms with van der Waals surface area (Å²) in [4.78, 5) is 12.1. The summed E-state index contributed by atoms with van der Waals surface area (Å²) in [5, 5.41) is 3.86. The lowest BCUT2D eigenvalue weighted by atomic mass is 10.1. The maximum absolute atomic E-state index is 12.0. The Morgan fingerprint density at radius 1 is 1.08 bits per heavy atom. The number of halogens is 2. The Hall–Kier alpha value is -1.60. The third-order valence-corrected chi connectivity index (χ3v) is 5.65. The van der Waals surface area contributed by atoms with Gasteiger partial charge in [0.2, 0.25) is 15.9 Å². The fraction of sp³-hybridized carbons (Fsp3) is 0.235. The van der Waals surface area contributed by atoms with Crippen LogP contribution < -0.4 is 10.0 Å². The zero-order valence-corrected chi connectivity index (χ0v) is 15.9. The molecule has 0 radical (unpaired) electrons. The molecule has 25 heavy (non-hydrogen) atoms. The van der Waals surface area contributed by atoms with Crippen molar-refractivity contribution in [2.75, 3.05) is 7.05 Å². The van der Waals surface area contributed by atoms with Gasteiger partial charge in [-0.05, 0) is 48.9 Å². The fourth-order valence-electron chi connectivity index (χ4n) is 2.16. The predicted octanol–water partition coefficient (Wildman–Crippen LogP) is 3.15. The lowest BCUT2D eigenvalue weighted by Gasteiger charge is -2.08. The average Bonchev–Trinajstić information content (AvgIpc) is 2.59. The highest BCUT2D eigenvalue weighted by atomic mass is 35.5. The molecule has 8 heteroatoms. The minimum atomic E-state index is -3.44. The summed E-state index contributed by atoms with van der Waals surface area (Å²) < 4.78 is 25.6. The molecule has 2 rings (SSSR count). The van der Waals surface area contributed by atoms with Crippen LogP contribution in [0.1, 0.15) is 17.5 Å². The molecule has 0 saturated carbocycles. The smallest absolute Gasteiger partial charge is 0.240 e. The summed E-state index contributed by atoms with van der Waals surface area (Å²) in [6.45, 7) is 0.328. The number of aryl methyl sites for hydroxylation is 1. The molecule has 0 aliphatic carbocycles. The molecule has 0 spiro atoms. The molecule has 0 atom stereocenters. The van der Waals surface area contributed by atoms with Gasteiger partial charge in [-0.3, -0.25) is 4.79 Å². The van der Waals surface area contributed by atoms with Crippen molar-refractivity contribution in [2.24, 2.45) is 0 Å². The number of benzene rings is 2.